The number of rotatable bonds is 41. The number of carbonyl (C=O) groups is 2. The molecule has 0 aliphatic carbocycles. The van der Waals surface area contributed by atoms with Crippen LogP contribution in [0.15, 0.2) is 48.6 Å². The Morgan fingerprint density at radius 2 is 1.08 bits per heavy atom. The van der Waals surface area contributed by atoms with Gasteiger partial charge in [0.1, 0.15) is 19.8 Å². The minimum atomic E-state index is -4.65. The topological polar surface area (TPSA) is 124 Å². The highest BCUT2D eigenvalue weighted by molar-refractivity contribution is 7.45. The van der Waals surface area contributed by atoms with Crippen molar-refractivity contribution in [2.24, 2.45) is 0 Å². The molecule has 1 aliphatic rings. The molecule has 342 valence electrons. The number of allylic oxidation sites excluding steroid dienone is 6. The molecule has 1 aliphatic heterocycles. The number of esters is 2. The second-order valence-corrected chi connectivity index (χ2v) is 18.6. The van der Waals surface area contributed by atoms with Crippen LogP contribution in [0.1, 0.15) is 181 Å². The number of hydrogen-bond donors (Lipinski definition) is 0. The van der Waals surface area contributed by atoms with E-state index in [0.29, 0.717) is 30.3 Å². The number of phosphoric ester groups is 1. The van der Waals surface area contributed by atoms with Crippen molar-refractivity contribution < 1.29 is 46.8 Å². The third kappa shape index (κ3) is 37.4. The number of likely N-dealkylation sites (N-methyl/N-ethyl adjacent to an activating group) is 1. The molecule has 0 aromatic carbocycles. The fourth-order valence-electron chi connectivity index (χ4n) is 6.39. The van der Waals surface area contributed by atoms with E-state index in [-0.39, 0.29) is 38.3 Å². The van der Waals surface area contributed by atoms with Crippen molar-refractivity contribution in [2.75, 3.05) is 47.5 Å². The van der Waals surface area contributed by atoms with Gasteiger partial charge < -0.3 is 32.6 Å². The highest BCUT2D eigenvalue weighted by atomic mass is 31.2. The lowest BCUT2D eigenvalue weighted by molar-refractivity contribution is -0.870. The Morgan fingerprint density at radius 1 is 0.610 bits per heavy atom. The Hall–Kier alpha value is -2.07. The number of phosphoric acid groups is 1. The largest absolute Gasteiger partial charge is 0.756 e. The van der Waals surface area contributed by atoms with Crippen LogP contribution in [-0.2, 0) is 37.4 Å². The molecule has 1 saturated heterocycles. The van der Waals surface area contributed by atoms with Crippen molar-refractivity contribution in [3.63, 3.8) is 0 Å². The number of hydrogen-bond acceptors (Lipinski definition) is 9. The van der Waals surface area contributed by atoms with Crippen LogP contribution in [0.3, 0.4) is 0 Å². The summed E-state index contributed by atoms with van der Waals surface area (Å²) in [5.41, 5.74) is 0. The lowest BCUT2D eigenvalue weighted by Gasteiger charge is -2.28. The number of quaternary nitrogens is 1. The van der Waals surface area contributed by atoms with E-state index in [4.69, 9.17) is 23.3 Å². The minimum Gasteiger partial charge on any atom is -0.756 e. The molecule has 0 radical (unpaired) electrons. The average Bonchev–Trinajstić information content (AvgIpc) is 3.94. The van der Waals surface area contributed by atoms with Gasteiger partial charge in [0.25, 0.3) is 7.82 Å². The van der Waals surface area contributed by atoms with Crippen LogP contribution in [-0.4, -0.2) is 82.2 Å². The molecule has 0 saturated carbocycles. The third-order valence-corrected chi connectivity index (χ3v) is 11.2. The van der Waals surface area contributed by atoms with E-state index in [0.717, 1.165) is 51.4 Å². The van der Waals surface area contributed by atoms with Gasteiger partial charge >= 0.3 is 11.9 Å². The van der Waals surface area contributed by atoms with Gasteiger partial charge in [-0.3, -0.25) is 14.2 Å². The van der Waals surface area contributed by atoms with E-state index in [1.807, 2.05) is 27.2 Å². The van der Waals surface area contributed by atoms with Crippen LogP contribution < -0.4 is 4.89 Å². The van der Waals surface area contributed by atoms with Gasteiger partial charge in [0.15, 0.2) is 6.10 Å². The molecular formula is C48H86NO9P. The van der Waals surface area contributed by atoms with E-state index in [1.54, 1.807) is 0 Å². The quantitative estimate of drug-likeness (QED) is 0.0148. The summed E-state index contributed by atoms with van der Waals surface area (Å²) in [7, 11) is 1.12. The zero-order valence-corrected chi connectivity index (χ0v) is 39.0. The maximum absolute atomic E-state index is 12.7. The van der Waals surface area contributed by atoms with Crippen LogP contribution in [0.5, 0.6) is 0 Å². The second kappa shape index (κ2) is 36.6. The summed E-state index contributed by atoms with van der Waals surface area (Å²) < 4.78 is 39.7. The molecule has 0 aromatic rings. The van der Waals surface area contributed by atoms with E-state index in [9.17, 15) is 19.0 Å². The molecule has 0 bridgehead atoms. The van der Waals surface area contributed by atoms with Crippen LogP contribution in [0.25, 0.3) is 0 Å². The lowest BCUT2D eigenvalue weighted by Crippen LogP contribution is -2.37. The molecule has 3 unspecified atom stereocenters. The molecule has 11 heteroatoms. The SMILES string of the molecule is CCCCC/C=C\C/C=C\CC1OC1C/C=C\CCCC(=O)O[C@H](COC(=O)CCCCCCCCC/C=C\CCCCCCCC)COP(=O)([O-])OCC[N+](C)(C)C. The number of nitrogens with zero attached hydrogens (tertiary/aromatic N) is 1. The number of epoxide rings is 1. The maximum atomic E-state index is 12.7. The number of unbranched alkanes of at least 4 members (excludes halogenated alkanes) is 17. The zero-order valence-electron chi connectivity index (χ0n) is 38.1. The lowest BCUT2D eigenvalue weighted by atomic mass is 10.1. The van der Waals surface area contributed by atoms with Crippen molar-refractivity contribution in [3.8, 4) is 0 Å². The molecule has 1 rings (SSSR count). The predicted molar refractivity (Wildman–Crippen MR) is 240 cm³/mol. The fraction of sp³-hybridized carbons (Fsp3) is 0.792. The maximum Gasteiger partial charge on any atom is 0.306 e. The van der Waals surface area contributed by atoms with Gasteiger partial charge in [-0.05, 0) is 77.0 Å². The molecular weight excluding hydrogens is 766 g/mol. The first kappa shape index (κ1) is 54.9. The van der Waals surface area contributed by atoms with Crippen LogP contribution in [0, 0.1) is 0 Å². The highest BCUT2D eigenvalue weighted by Gasteiger charge is 2.36. The van der Waals surface area contributed by atoms with Crippen molar-refractivity contribution in [1.29, 1.82) is 0 Å². The van der Waals surface area contributed by atoms with E-state index in [2.05, 4.69) is 56.4 Å². The van der Waals surface area contributed by atoms with Gasteiger partial charge in [-0.2, -0.15) is 0 Å². The summed E-state index contributed by atoms with van der Waals surface area (Å²) in [4.78, 5) is 37.6. The third-order valence-electron chi connectivity index (χ3n) is 10.2. The smallest absolute Gasteiger partial charge is 0.306 e. The fourth-order valence-corrected chi connectivity index (χ4v) is 7.12. The first-order valence-corrected chi connectivity index (χ1v) is 24.9. The number of ether oxygens (including phenoxy) is 3. The molecule has 0 amide bonds. The van der Waals surface area contributed by atoms with Crippen molar-refractivity contribution in [1.82, 2.24) is 0 Å². The Balaban J connectivity index is 2.31. The van der Waals surface area contributed by atoms with Gasteiger partial charge in [-0.25, -0.2) is 0 Å². The molecule has 59 heavy (non-hydrogen) atoms. The Kier molecular flexibility index (Phi) is 34.1. The summed E-state index contributed by atoms with van der Waals surface area (Å²) in [6, 6.07) is 0. The number of carbonyl (C=O) groups excluding carboxylic acids is 2. The Bertz CT molecular complexity index is 1210. The minimum absolute atomic E-state index is 0.0460. The van der Waals surface area contributed by atoms with Crippen molar-refractivity contribution in [2.45, 2.75) is 199 Å². The van der Waals surface area contributed by atoms with Gasteiger partial charge in [0.2, 0.25) is 0 Å². The van der Waals surface area contributed by atoms with E-state index in [1.165, 1.54) is 83.5 Å². The van der Waals surface area contributed by atoms with Crippen LogP contribution in [0.4, 0.5) is 0 Å². The van der Waals surface area contributed by atoms with Gasteiger partial charge in [-0.1, -0.05) is 140 Å². The normalized spacial score (nSPS) is 17.4. The first-order chi connectivity index (χ1) is 28.5. The van der Waals surface area contributed by atoms with Crippen LogP contribution >= 0.6 is 7.82 Å². The first-order valence-electron chi connectivity index (χ1n) is 23.5. The molecule has 0 spiro atoms. The van der Waals surface area contributed by atoms with E-state index >= 15 is 0 Å². The summed E-state index contributed by atoms with van der Waals surface area (Å²) in [5, 5.41) is 0. The molecule has 4 atom stereocenters. The Morgan fingerprint density at radius 3 is 1.71 bits per heavy atom. The van der Waals surface area contributed by atoms with Gasteiger partial charge in [-0.15, -0.1) is 0 Å². The monoisotopic (exact) mass is 852 g/mol. The summed E-state index contributed by atoms with van der Waals surface area (Å²) in [6.45, 7) is 4.11. The molecule has 10 nitrogen and oxygen atoms in total. The van der Waals surface area contributed by atoms with Gasteiger partial charge in [0.05, 0.1) is 40.0 Å². The van der Waals surface area contributed by atoms with Crippen molar-refractivity contribution in [3.05, 3.63) is 48.6 Å². The highest BCUT2D eigenvalue weighted by Crippen LogP contribution is 2.38. The molecule has 1 heterocycles. The summed E-state index contributed by atoms with van der Waals surface area (Å²) in [5.74, 6) is -0.913. The van der Waals surface area contributed by atoms with Crippen molar-refractivity contribution >= 4 is 19.8 Å². The van der Waals surface area contributed by atoms with Gasteiger partial charge in [0, 0.05) is 12.8 Å². The second-order valence-electron chi connectivity index (χ2n) is 17.1. The van der Waals surface area contributed by atoms with E-state index < -0.39 is 32.5 Å². The van der Waals surface area contributed by atoms with Crippen LogP contribution in [0.2, 0.25) is 0 Å². The Labute approximate surface area is 360 Å². The standard InChI is InChI=1S/C48H86NO9P/c1-6-8-10-12-14-16-17-18-19-20-21-22-23-25-27-29-34-38-47(50)54-42-44(43-56-59(52,53)55-41-40-49(3,4)5)57-48(51)39-35-31-30-33-37-46-45(58-46)36-32-28-26-24-15-13-11-9-7-2/h15,18-19,24,28,30,32-33,44-46H,6-14,16-17,20-23,25-27,29,31,34-43H2,1-5H3/b19-18-,24-15-,32-28-,33-30-/t44-,45?,46?/m1/s1. The average molecular weight is 852 g/mol. The molecule has 0 N–H and O–H groups in total. The molecule has 1 fully saturated rings. The predicted octanol–water partition coefficient (Wildman–Crippen LogP) is 11.8. The summed E-state index contributed by atoms with van der Waals surface area (Å²) >= 11 is 0. The summed E-state index contributed by atoms with van der Waals surface area (Å²) in [6.07, 6.45) is 44.5. The molecule has 0 aromatic heterocycles. The zero-order chi connectivity index (χ0) is 43.3.